The molecule has 0 saturated carbocycles. The topological polar surface area (TPSA) is 131 Å². The molecule has 0 radical (unpaired) electrons. The number of phenolic OH excluding ortho intramolecular Hbond substituents is 2. The molecule has 154 valence electrons. The summed E-state index contributed by atoms with van der Waals surface area (Å²) in [5.41, 5.74) is 7.90. The van der Waals surface area contributed by atoms with E-state index < -0.39 is 5.97 Å². The largest absolute Gasteiger partial charge is 0.507 e. The number of anilines is 1. The van der Waals surface area contributed by atoms with Crippen LogP contribution in [0, 0.1) is 0 Å². The molecule has 0 spiro atoms. The number of carbonyl (C=O) groups is 1. The molecule has 4 N–H and O–H groups in total. The molecule has 8 nitrogen and oxygen atoms in total. The summed E-state index contributed by atoms with van der Waals surface area (Å²) in [6.07, 6.45) is 0. The number of hydrogen-bond acceptors (Lipinski definition) is 8. The maximum atomic E-state index is 11.7. The lowest BCUT2D eigenvalue weighted by molar-refractivity contribution is 0.0600. The van der Waals surface area contributed by atoms with Gasteiger partial charge in [0.05, 0.1) is 23.8 Å². The summed E-state index contributed by atoms with van der Waals surface area (Å²) in [5.74, 6) is 0.208. The first-order chi connectivity index (χ1) is 15.0. The van der Waals surface area contributed by atoms with E-state index in [4.69, 9.17) is 10.5 Å². The third-order valence-electron chi connectivity index (χ3n) is 4.61. The van der Waals surface area contributed by atoms with Crippen LogP contribution in [0.5, 0.6) is 11.5 Å². The van der Waals surface area contributed by atoms with Crippen molar-refractivity contribution >= 4 is 11.7 Å². The Bertz CT molecular complexity index is 1270. The Morgan fingerprint density at radius 3 is 2.03 bits per heavy atom. The SMILES string of the molecule is COC(=O)c1ccc(-c2nc(-c3ccccc3O)nc(-c3ccc(N)cc3O)n2)cc1. The zero-order valence-corrected chi connectivity index (χ0v) is 16.5. The fourth-order valence-electron chi connectivity index (χ4n) is 3.02. The van der Waals surface area contributed by atoms with E-state index in [-0.39, 0.29) is 23.1 Å². The number of benzene rings is 3. The summed E-state index contributed by atoms with van der Waals surface area (Å²) < 4.78 is 4.73. The van der Waals surface area contributed by atoms with Gasteiger partial charge < -0.3 is 20.7 Å². The number of aromatic hydroxyl groups is 2. The van der Waals surface area contributed by atoms with Crippen LogP contribution in [0.4, 0.5) is 5.69 Å². The smallest absolute Gasteiger partial charge is 0.337 e. The van der Waals surface area contributed by atoms with Crippen LogP contribution in [-0.4, -0.2) is 38.2 Å². The van der Waals surface area contributed by atoms with Crippen LogP contribution in [0.1, 0.15) is 10.4 Å². The molecule has 0 unspecified atom stereocenters. The van der Waals surface area contributed by atoms with Gasteiger partial charge in [0.25, 0.3) is 0 Å². The van der Waals surface area contributed by atoms with E-state index >= 15 is 0 Å². The predicted octanol–water partition coefficient (Wildman–Crippen LogP) is 3.65. The van der Waals surface area contributed by atoms with Gasteiger partial charge in [-0.2, -0.15) is 0 Å². The first-order valence-electron chi connectivity index (χ1n) is 9.28. The van der Waals surface area contributed by atoms with Crippen LogP contribution in [0.25, 0.3) is 34.2 Å². The molecule has 4 rings (SSSR count). The Hall–Kier alpha value is -4.46. The molecule has 1 aromatic heterocycles. The first kappa shape index (κ1) is 19.8. The van der Waals surface area contributed by atoms with E-state index in [9.17, 15) is 15.0 Å². The van der Waals surface area contributed by atoms with Crippen LogP contribution >= 0.6 is 0 Å². The molecule has 0 aliphatic rings. The lowest BCUT2D eigenvalue weighted by Gasteiger charge is -2.10. The number of carbonyl (C=O) groups excluding carboxylic acids is 1. The van der Waals surface area contributed by atoms with Crippen molar-refractivity contribution < 1.29 is 19.7 Å². The van der Waals surface area contributed by atoms with Gasteiger partial charge in [0.2, 0.25) is 0 Å². The Morgan fingerprint density at radius 1 is 0.806 bits per heavy atom. The lowest BCUT2D eigenvalue weighted by atomic mass is 10.1. The fraction of sp³-hybridized carbons (Fsp3) is 0.0435. The van der Waals surface area contributed by atoms with Gasteiger partial charge in [-0.15, -0.1) is 0 Å². The average molecular weight is 414 g/mol. The van der Waals surface area contributed by atoms with Crippen molar-refractivity contribution in [2.75, 3.05) is 12.8 Å². The van der Waals surface area contributed by atoms with E-state index in [0.29, 0.717) is 33.8 Å². The Labute approximate surface area is 177 Å². The minimum atomic E-state index is -0.454. The van der Waals surface area contributed by atoms with Gasteiger partial charge in [-0.3, -0.25) is 0 Å². The second-order valence-corrected chi connectivity index (χ2v) is 6.67. The van der Waals surface area contributed by atoms with E-state index in [0.717, 1.165) is 0 Å². The number of esters is 1. The molecule has 0 bridgehead atoms. The number of rotatable bonds is 4. The molecule has 8 heteroatoms. The van der Waals surface area contributed by atoms with E-state index in [1.165, 1.54) is 19.2 Å². The monoisotopic (exact) mass is 414 g/mol. The Morgan fingerprint density at radius 2 is 1.42 bits per heavy atom. The van der Waals surface area contributed by atoms with Crippen LogP contribution in [0.3, 0.4) is 0 Å². The third-order valence-corrected chi connectivity index (χ3v) is 4.61. The van der Waals surface area contributed by atoms with Crippen LogP contribution < -0.4 is 5.73 Å². The number of hydrogen-bond donors (Lipinski definition) is 3. The molecule has 1 heterocycles. The van der Waals surface area contributed by atoms with E-state index in [1.54, 1.807) is 54.6 Å². The van der Waals surface area contributed by atoms with E-state index in [1.807, 2.05) is 0 Å². The highest BCUT2D eigenvalue weighted by atomic mass is 16.5. The molecule has 31 heavy (non-hydrogen) atoms. The molecule has 0 fully saturated rings. The number of ether oxygens (including phenoxy) is 1. The zero-order chi connectivity index (χ0) is 22.0. The lowest BCUT2D eigenvalue weighted by Crippen LogP contribution is -2.02. The van der Waals surface area contributed by atoms with Gasteiger partial charge in [-0.25, -0.2) is 19.7 Å². The minimum absolute atomic E-state index is 0.00756. The maximum Gasteiger partial charge on any atom is 0.337 e. The number of methoxy groups -OCH3 is 1. The van der Waals surface area contributed by atoms with Gasteiger partial charge in [0.15, 0.2) is 17.5 Å². The van der Waals surface area contributed by atoms with Crippen LogP contribution in [-0.2, 0) is 4.74 Å². The summed E-state index contributed by atoms with van der Waals surface area (Å²) in [6.45, 7) is 0. The highest BCUT2D eigenvalue weighted by Gasteiger charge is 2.17. The normalized spacial score (nSPS) is 10.6. The summed E-state index contributed by atoms with van der Waals surface area (Å²) in [7, 11) is 1.31. The Kier molecular flexibility index (Phi) is 5.19. The fourth-order valence-corrected chi connectivity index (χ4v) is 3.02. The molecular weight excluding hydrogens is 396 g/mol. The van der Waals surface area contributed by atoms with Crippen LogP contribution in [0.2, 0.25) is 0 Å². The summed E-state index contributed by atoms with van der Waals surface area (Å²) in [5, 5.41) is 20.7. The summed E-state index contributed by atoms with van der Waals surface area (Å²) >= 11 is 0. The molecule has 0 aliphatic carbocycles. The van der Waals surface area contributed by atoms with Crippen molar-refractivity contribution in [3.8, 4) is 45.7 Å². The predicted molar refractivity (Wildman–Crippen MR) is 115 cm³/mol. The zero-order valence-electron chi connectivity index (χ0n) is 16.5. The van der Waals surface area contributed by atoms with Crippen molar-refractivity contribution in [3.63, 3.8) is 0 Å². The molecule has 0 aliphatic heterocycles. The number of para-hydroxylation sites is 1. The molecule has 0 atom stereocenters. The quantitative estimate of drug-likeness (QED) is 0.341. The molecule has 0 amide bonds. The number of aromatic nitrogens is 3. The van der Waals surface area contributed by atoms with Crippen molar-refractivity contribution in [1.29, 1.82) is 0 Å². The summed E-state index contributed by atoms with van der Waals surface area (Å²) in [6, 6.07) is 17.9. The van der Waals surface area contributed by atoms with Gasteiger partial charge in [0, 0.05) is 17.3 Å². The highest BCUT2D eigenvalue weighted by Crippen LogP contribution is 2.33. The molecule has 4 aromatic rings. The molecular formula is C23H18N4O4. The van der Waals surface area contributed by atoms with Gasteiger partial charge >= 0.3 is 5.97 Å². The van der Waals surface area contributed by atoms with Crippen molar-refractivity contribution in [2.45, 2.75) is 0 Å². The third kappa shape index (κ3) is 3.99. The number of nitrogen functional groups attached to an aromatic ring is 1. The number of nitrogens with zero attached hydrogens (tertiary/aromatic N) is 3. The number of phenols is 2. The Balaban J connectivity index is 1.89. The molecule has 3 aromatic carbocycles. The number of nitrogens with two attached hydrogens (primary N) is 1. The van der Waals surface area contributed by atoms with E-state index in [2.05, 4.69) is 15.0 Å². The van der Waals surface area contributed by atoms with Crippen molar-refractivity contribution in [2.24, 2.45) is 0 Å². The standard InChI is InChI=1S/C23H18N4O4/c1-31-23(30)14-8-6-13(7-9-14)20-25-21(16-4-2-3-5-18(16)28)27-22(26-20)17-11-10-15(24)12-19(17)29/h2-12,28-29H,24H2,1H3. The highest BCUT2D eigenvalue weighted by molar-refractivity contribution is 5.89. The maximum absolute atomic E-state index is 11.7. The molecule has 0 saturated heterocycles. The second kappa shape index (κ2) is 8.11. The minimum Gasteiger partial charge on any atom is -0.507 e. The van der Waals surface area contributed by atoms with Gasteiger partial charge in [-0.05, 0) is 36.4 Å². The first-order valence-corrected chi connectivity index (χ1v) is 9.28. The van der Waals surface area contributed by atoms with Gasteiger partial charge in [-0.1, -0.05) is 24.3 Å². The van der Waals surface area contributed by atoms with Gasteiger partial charge in [0.1, 0.15) is 11.5 Å². The van der Waals surface area contributed by atoms with Crippen molar-refractivity contribution in [3.05, 3.63) is 72.3 Å². The van der Waals surface area contributed by atoms with Crippen molar-refractivity contribution in [1.82, 2.24) is 15.0 Å². The summed E-state index contributed by atoms with van der Waals surface area (Å²) in [4.78, 5) is 25.2. The average Bonchev–Trinajstić information content (AvgIpc) is 2.78. The van der Waals surface area contributed by atoms with Crippen LogP contribution in [0.15, 0.2) is 66.7 Å². The second-order valence-electron chi connectivity index (χ2n) is 6.67.